The van der Waals surface area contributed by atoms with Crippen molar-refractivity contribution in [3.63, 3.8) is 0 Å². The molecule has 1 aliphatic rings. The van der Waals surface area contributed by atoms with E-state index in [4.69, 9.17) is 4.98 Å². The minimum atomic E-state index is 0.198. The van der Waals surface area contributed by atoms with Gasteiger partial charge < -0.3 is 9.88 Å². The number of fused-ring (bicyclic) bond motifs is 1. The Hall–Kier alpha value is -1.35. The molecule has 3 nitrogen and oxygen atoms in total. The van der Waals surface area contributed by atoms with Gasteiger partial charge in [0.05, 0.1) is 11.0 Å². The molecule has 1 atom stereocenters. The van der Waals surface area contributed by atoms with Crippen LogP contribution in [0.3, 0.4) is 0 Å². The van der Waals surface area contributed by atoms with Crippen LogP contribution in [0, 0.1) is 0 Å². The van der Waals surface area contributed by atoms with Crippen LogP contribution in [0.15, 0.2) is 24.3 Å². The Labute approximate surface area is 127 Å². The summed E-state index contributed by atoms with van der Waals surface area (Å²) in [5.41, 5.74) is 2.62. The molecule has 1 fully saturated rings. The summed E-state index contributed by atoms with van der Waals surface area (Å²) in [5.74, 6) is 1.25. The molecule has 1 aromatic carbocycles. The van der Waals surface area contributed by atoms with Crippen molar-refractivity contribution >= 4 is 11.0 Å². The molecule has 1 aliphatic heterocycles. The summed E-state index contributed by atoms with van der Waals surface area (Å²) < 4.78 is 2.42. The van der Waals surface area contributed by atoms with Crippen molar-refractivity contribution in [2.24, 2.45) is 0 Å². The zero-order chi connectivity index (χ0) is 14.7. The fraction of sp³-hybridized carbons (Fsp3) is 0.611. The van der Waals surface area contributed by atoms with E-state index >= 15 is 0 Å². The van der Waals surface area contributed by atoms with Gasteiger partial charge in [0.15, 0.2) is 0 Å². The van der Waals surface area contributed by atoms with Crippen molar-refractivity contribution in [1.82, 2.24) is 14.9 Å². The van der Waals surface area contributed by atoms with Crippen LogP contribution >= 0.6 is 0 Å². The first-order valence-corrected chi connectivity index (χ1v) is 8.41. The van der Waals surface area contributed by atoms with Crippen molar-refractivity contribution in [2.45, 2.75) is 64.5 Å². The van der Waals surface area contributed by atoms with Crippen LogP contribution in [-0.4, -0.2) is 21.6 Å². The van der Waals surface area contributed by atoms with Crippen LogP contribution < -0.4 is 5.32 Å². The van der Waals surface area contributed by atoms with Crippen LogP contribution in [0.5, 0.6) is 0 Å². The number of nitrogens with zero attached hydrogens (tertiary/aromatic N) is 2. The normalized spacial score (nSPS) is 23.3. The third-order valence-electron chi connectivity index (χ3n) is 4.69. The van der Waals surface area contributed by atoms with Crippen LogP contribution in [-0.2, 0) is 13.0 Å². The van der Waals surface area contributed by atoms with Gasteiger partial charge in [-0.1, -0.05) is 31.9 Å². The van der Waals surface area contributed by atoms with E-state index in [-0.39, 0.29) is 5.54 Å². The number of benzene rings is 1. The van der Waals surface area contributed by atoms with E-state index < -0.39 is 0 Å². The van der Waals surface area contributed by atoms with Crippen LogP contribution in [0.25, 0.3) is 11.0 Å². The van der Waals surface area contributed by atoms with E-state index in [2.05, 4.69) is 48.0 Å². The first kappa shape index (κ1) is 14.6. The molecule has 21 heavy (non-hydrogen) atoms. The lowest BCUT2D eigenvalue weighted by Crippen LogP contribution is -2.44. The summed E-state index contributed by atoms with van der Waals surface area (Å²) in [6, 6.07) is 8.53. The van der Waals surface area contributed by atoms with Crippen LogP contribution in [0.1, 0.15) is 51.8 Å². The molecule has 0 amide bonds. The molecule has 1 saturated heterocycles. The van der Waals surface area contributed by atoms with Crippen LogP contribution in [0.2, 0.25) is 0 Å². The second-order valence-electron chi connectivity index (χ2n) is 6.64. The lowest BCUT2D eigenvalue weighted by molar-refractivity contribution is 0.335. The molecule has 0 spiro atoms. The second kappa shape index (κ2) is 6.18. The average Bonchev–Trinajstić information content (AvgIpc) is 2.66. The summed E-state index contributed by atoms with van der Waals surface area (Å²) >= 11 is 0. The Morgan fingerprint density at radius 2 is 2.10 bits per heavy atom. The van der Waals surface area contributed by atoms with Gasteiger partial charge >= 0.3 is 0 Å². The molecule has 0 radical (unpaired) electrons. The number of hydrogen-bond donors (Lipinski definition) is 1. The Morgan fingerprint density at radius 3 is 2.95 bits per heavy atom. The molecule has 3 rings (SSSR count). The minimum Gasteiger partial charge on any atom is -0.328 e. The van der Waals surface area contributed by atoms with E-state index in [9.17, 15) is 0 Å². The first-order valence-electron chi connectivity index (χ1n) is 8.41. The number of rotatable bonds is 4. The highest BCUT2D eigenvalue weighted by atomic mass is 15.1. The number of aromatic nitrogens is 2. The highest BCUT2D eigenvalue weighted by Gasteiger charge is 2.27. The minimum absolute atomic E-state index is 0.198. The second-order valence-corrected chi connectivity index (χ2v) is 6.64. The summed E-state index contributed by atoms with van der Waals surface area (Å²) in [6.07, 6.45) is 7.42. The topological polar surface area (TPSA) is 29.9 Å². The maximum atomic E-state index is 4.92. The molecule has 1 aromatic heterocycles. The van der Waals surface area contributed by atoms with Crippen molar-refractivity contribution in [3.8, 4) is 0 Å². The maximum Gasteiger partial charge on any atom is 0.111 e. The van der Waals surface area contributed by atoms with E-state index in [0.717, 1.165) is 31.4 Å². The van der Waals surface area contributed by atoms with E-state index in [1.54, 1.807) is 0 Å². The SMILES string of the molecule is CCCn1c(CC2(C)CCCCCN2)nc2ccccc21. The van der Waals surface area contributed by atoms with Gasteiger partial charge in [-0.25, -0.2) is 4.98 Å². The van der Waals surface area contributed by atoms with Gasteiger partial charge in [-0.2, -0.15) is 0 Å². The van der Waals surface area contributed by atoms with Crippen molar-refractivity contribution in [1.29, 1.82) is 0 Å². The Bertz CT molecular complexity index is 592. The molecule has 1 N–H and O–H groups in total. The van der Waals surface area contributed by atoms with Gasteiger partial charge in [-0.3, -0.25) is 0 Å². The van der Waals surface area contributed by atoms with E-state index in [1.165, 1.54) is 37.0 Å². The summed E-state index contributed by atoms with van der Waals surface area (Å²) in [6.45, 7) is 6.81. The molecule has 3 heteroatoms. The van der Waals surface area contributed by atoms with E-state index in [0.29, 0.717) is 0 Å². The zero-order valence-electron chi connectivity index (χ0n) is 13.4. The zero-order valence-corrected chi connectivity index (χ0v) is 13.4. The third kappa shape index (κ3) is 3.13. The van der Waals surface area contributed by atoms with Gasteiger partial charge in [0.25, 0.3) is 0 Å². The first-order chi connectivity index (χ1) is 10.2. The number of imidazole rings is 1. The smallest absolute Gasteiger partial charge is 0.111 e. The molecule has 2 heterocycles. The summed E-state index contributed by atoms with van der Waals surface area (Å²) in [5, 5.41) is 3.77. The van der Waals surface area contributed by atoms with E-state index in [1.807, 2.05) is 0 Å². The number of hydrogen-bond acceptors (Lipinski definition) is 2. The van der Waals surface area contributed by atoms with Crippen molar-refractivity contribution < 1.29 is 0 Å². The highest BCUT2D eigenvalue weighted by molar-refractivity contribution is 5.75. The fourth-order valence-corrected chi connectivity index (χ4v) is 3.53. The third-order valence-corrected chi connectivity index (χ3v) is 4.69. The van der Waals surface area contributed by atoms with Gasteiger partial charge in [0.2, 0.25) is 0 Å². The molecular formula is C18H27N3. The number of aryl methyl sites for hydroxylation is 1. The fourth-order valence-electron chi connectivity index (χ4n) is 3.53. The van der Waals surface area contributed by atoms with Gasteiger partial charge in [0, 0.05) is 18.5 Å². The molecule has 1 unspecified atom stereocenters. The quantitative estimate of drug-likeness (QED) is 0.923. The predicted molar refractivity (Wildman–Crippen MR) is 88.6 cm³/mol. The number of para-hydroxylation sites is 2. The molecule has 114 valence electrons. The highest BCUT2D eigenvalue weighted by Crippen LogP contribution is 2.25. The van der Waals surface area contributed by atoms with Gasteiger partial charge in [-0.05, 0) is 44.9 Å². The lowest BCUT2D eigenvalue weighted by atomic mass is 9.92. The average molecular weight is 285 g/mol. The van der Waals surface area contributed by atoms with Gasteiger partial charge in [-0.15, -0.1) is 0 Å². The molecule has 0 saturated carbocycles. The largest absolute Gasteiger partial charge is 0.328 e. The van der Waals surface area contributed by atoms with Crippen LogP contribution in [0.4, 0.5) is 0 Å². The predicted octanol–water partition coefficient (Wildman–Crippen LogP) is 3.91. The standard InChI is InChI=1S/C18H27N3/c1-3-13-21-16-10-6-5-9-15(16)20-17(21)14-18(2)11-7-4-8-12-19-18/h5-6,9-10,19H,3-4,7-8,11-14H2,1-2H3. The Kier molecular flexibility index (Phi) is 4.29. The Balaban J connectivity index is 1.93. The lowest BCUT2D eigenvalue weighted by Gasteiger charge is -2.29. The van der Waals surface area contributed by atoms with Crippen molar-refractivity contribution in [2.75, 3.05) is 6.54 Å². The molecule has 2 aromatic rings. The van der Waals surface area contributed by atoms with Gasteiger partial charge in [0.1, 0.15) is 5.82 Å². The number of nitrogens with one attached hydrogen (secondary N) is 1. The van der Waals surface area contributed by atoms with Crippen molar-refractivity contribution in [3.05, 3.63) is 30.1 Å². The Morgan fingerprint density at radius 1 is 1.24 bits per heavy atom. The maximum absolute atomic E-state index is 4.92. The summed E-state index contributed by atoms with van der Waals surface area (Å²) in [7, 11) is 0. The molecule has 0 bridgehead atoms. The molecular weight excluding hydrogens is 258 g/mol. The molecule has 0 aliphatic carbocycles. The summed E-state index contributed by atoms with van der Waals surface area (Å²) in [4.78, 5) is 4.92. The monoisotopic (exact) mass is 285 g/mol.